The van der Waals surface area contributed by atoms with Gasteiger partial charge in [-0.1, -0.05) is 6.92 Å². The van der Waals surface area contributed by atoms with E-state index in [-0.39, 0.29) is 6.04 Å². The van der Waals surface area contributed by atoms with Gasteiger partial charge < -0.3 is 4.42 Å². The first-order chi connectivity index (χ1) is 7.76. The molecule has 0 aliphatic carbocycles. The highest BCUT2D eigenvalue weighted by molar-refractivity contribution is 5.22. The number of nitrogens with two attached hydrogens (primary N) is 1. The van der Waals surface area contributed by atoms with Crippen LogP contribution >= 0.6 is 0 Å². The van der Waals surface area contributed by atoms with Crippen molar-refractivity contribution in [3.8, 4) is 0 Å². The second-order valence-corrected chi connectivity index (χ2v) is 3.65. The Bertz CT molecular complexity index is 447. The van der Waals surface area contributed by atoms with E-state index in [4.69, 9.17) is 10.3 Å². The third-order valence-corrected chi connectivity index (χ3v) is 2.62. The van der Waals surface area contributed by atoms with Gasteiger partial charge in [-0.05, 0) is 24.6 Å². The molecule has 2 heterocycles. The van der Waals surface area contributed by atoms with Crippen molar-refractivity contribution in [2.45, 2.75) is 19.4 Å². The van der Waals surface area contributed by atoms with E-state index in [9.17, 15) is 0 Å². The van der Waals surface area contributed by atoms with E-state index in [1.807, 2.05) is 29.9 Å². The van der Waals surface area contributed by atoms with Gasteiger partial charge in [0.2, 0.25) is 0 Å². The Morgan fingerprint density at radius 3 is 2.94 bits per heavy atom. The molecule has 0 aliphatic rings. The van der Waals surface area contributed by atoms with Crippen LogP contribution in [0.3, 0.4) is 0 Å². The second kappa shape index (κ2) is 4.51. The minimum Gasteiger partial charge on any atom is -0.467 e. The van der Waals surface area contributed by atoms with Crippen LogP contribution in [0.4, 0.5) is 0 Å². The first kappa shape index (κ1) is 10.9. The zero-order chi connectivity index (χ0) is 11.5. The third-order valence-electron chi connectivity index (χ3n) is 2.62. The van der Waals surface area contributed by atoms with Crippen molar-refractivity contribution in [2.75, 3.05) is 0 Å². The molecule has 0 radical (unpaired) electrons. The van der Waals surface area contributed by atoms with E-state index in [2.05, 4.69) is 17.4 Å². The molecule has 16 heavy (non-hydrogen) atoms. The molecule has 2 rings (SSSR count). The van der Waals surface area contributed by atoms with Crippen LogP contribution in [0.5, 0.6) is 0 Å². The summed E-state index contributed by atoms with van der Waals surface area (Å²) < 4.78 is 7.18. The Hall–Kier alpha value is -1.59. The van der Waals surface area contributed by atoms with Crippen LogP contribution in [0.1, 0.15) is 30.1 Å². The molecule has 0 spiro atoms. The summed E-state index contributed by atoms with van der Waals surface area (Å²) in [4.78, 5) is 0. The molecule has 5 nitrogen and oxygen atoms in total. The standard InChI is InChI=1S/C11H16N4O/c1-3-8-7-9(15(2)14-8)11(13-12)10-5-4-6-16-10/h4-7,11,13H,3,12H2,1-2H3. The normalized spacial score (nSPS) is 12.9. The molecular weight excluding hydrogens is 204 g/mol. The average molecular weight is 220 g/mol. The molecule has 0 saturated carbocycles. The van der Waals surface area contributed by atoms with Crippen LogP contribution in [0, 0.1) is 0 Å². The molecule has 1 atom stereocenters. The molecule has 0 amide bonds. The SMILES string of the molecule is CCc1cc(C(NN)c2ccco2)n(C)n1. The van der Waals surface area contributed by atoms with Gasteiger partial charge in [0, 0.05) is 7.05 Å². The van der Waals surface area contributed by atoms with Crippen LogP contribution in [-0.4, -0.2) is 9.78 Å². The van der Waals surface area contributed by atoms with Gasteiger partial charge in [-0.2, -0.15) is 5.10 Å². The summed E-state index contributed by atoms with van der Waals surface area (Å²) in [5.41, 5.74) is 4.78. The van der Waals surface area contributed by atoms with Crippen molar-refractivity contribution in [1.82, 2.24) is 15.2 Å². The van der Waals surface area contributed by atoms with Crippen LogP contribution in [0.15, 0.2) is 28.9 Å². The lowest BCUT2D eigenvalue weighted by Gasteiger charge is -2.13. The van der Waals surface area contributed by atoms with Crippen LogP contribution in [0.25, 0.3) is 0 Å². The van der Waals surface area contributed by atoms with Gasteiger partial charge >= 0.3 is 0 Å². The molecule has 5 heteroatoms. The number of rotatable bonds is 4. The van der Waals surface area contributed by atoms with E-state index < -0.39 is 0 Å². The predicted molar refractivity (Wildman–Crippen MR) is 60.5 cm³/mol. The monoisotopic (exact) mass is 220 g/mol. The summed E-state index contributed by atoms with van der Waals surface area (Å²) in [6.45, 7) is 2.07. The number of aromatic nitrogens is 2. The molecule has 1 unspecified atom stereocenters. The summed E-state index contributed by atoms with van der Waals surface area (Å²) in [6.07, 6.45) is 2.54. The van der Waals surface area contributed by atoms with Gasteiger partial charge in [0.15, 0.2) is 0 Å². The zero-order valence-corrected chi connectivity index (χ0v) is 9.47. The highest BCUT2D eigenvalue weighted by Crippen LogP contribution is 2.22. The molecule has 86 valence electrons. The highest BCUT2D eigenvalue weighted by atomic mass is 16.3. The van der Waals surface area contributed by atoms with Crippen molar-refractivity contribution in [3.63, 3.8) is 0 Å². The number of aryl methyl sites for hydroxylation is 2. The van der Waals surface area contributed by atoms with E-state index in [0.717, 1.165) is 23.6 Å². The minimum atomic E-state index is -0.159. The number of furan rings is 1. The fraction of sp³-hybridized carbons (Fsp3) is 0.364. The summed E-state index contributed by atoms with van der Waals surface area (Å²) in [5, 5.41) is 4.39. The first-order valence-electron chi connectivity index (χ1n) is 5.28. The van der Waals surface area contributed by atoms with Gasteiger partial charge in [0.05, 0.1) is 17.7 Å². The smallest absolute Gasteiger partial charge is 0.128 e. The van der Waals surface area contributed by atoms with Crippen molar-refractivity contribution in [2.24, 2.45) is 12.9 Å². The predicted octanol–water partition coefficient (Wildman–Crippen LogP) is 1.13. The van der Waals surface area contributed by atoms with Gasteiger partial charge in [0.1, 0.15) is 11.8 Å². The Kier molecular flexibility index (Phi) is 3.07. The zero-order valence-electron chi connectivity index (χ0n) is 9.47. The number of hydrogen-bond donors (Lipinski definition) is 2. The largest absolute Gasteiger partial charge is 0.467 e. The quantitative estimate of drug-likeness (QED) is 0.598. The maximum absolute atomic E-state index is 5.56. The van der Waals surface area contributed by atoms with E-state index in [1.54, 1.807) is 6.26 Å². The Balaban J connectivity index is 2.37. The lowest BCUT2D eigenvalue weighted by Crippen LogP contribution is -2.30. The average Bonchev–Trinajstić information content (AvgIpc) is 2.91. The fourth-order valence-electron chi connectivity index (χ4n) is 1.76. The molecule has 0 bridgehead atoms. The molecule has 3 N–H and O–H groups in total. The number of hydrazine groups is 1. The molecule has 0 fully saturated rings. The molecule has 0 aromatic carbocycles. The summed E-state index contributed by atoms with van der Waals surface area (Å²) in [6, 6.07) is 5.61. The number of nitrogens with zero attached hydrogens (tertiary/aromatic N) is 2. The van der Waals surface area contributed by atoms with E-state index in [0.29, 0.717) is 0 Å². The minimum absolute atomic E-state index is 0.159. The number of nitrogens with one attached hydrogen (secondary N) is 1. The molecular formula is C11H16N4O. The van der Waals surface area contributed by atoms with Crippen LogP contribution in [-0.2, 0) is 13.5 Å². The maximum atomic E-state index is 5.56. The van der Waals surface area contributed by atoms with E-state index in [1.165, 1.54) is 0 Å². The van der Waals surface area contributed by atoms with Crippen molar-refractivity contribution >= 4 is 0 Å². The van der Waals surface area contributed by atoms with Gasteiger partial charge in [-0.15, -0.1) is 0 Å². The van der Waals surface area contributed by atoms with Crippen LogP contribution < -0.4 is 11.3 Å². The first-order valence-corrected chi connectivity index (χ1v) is 5.28. The lowest BCUT2D eigenvalue weighted by molar-refractivity contribution is 0.437. The van der Waals surface area contributed by atoms with Crippen molar-refractivity contribution in [3.05, 3.63) is 41.6 Å². The summed E-state index contributed by atoms with van der Waals surface area (Å²) >= 11 is 0. The topological polar surface area (TPSA) is 69.0 Å². The Morgan fingerprint density at radius 2 is 2.44 bits per heavy atom. The molecule has 0 saturated heterocycles. The highest BCUT2D eigenvalue weighted by Gasteiger charge is 2.19. The summed E-state index contributed by atoms with van der Waals surface area (Å²) in [5.74, 6) is 6.35. The fourth-order valence-corrected chi connectivity index (χ4v) is 1.76. The second-order valence-electron chi connectivity index (χ2n) is 3.65. The van der Waals surface area contributed by atoms with Crippen molar-refractivity contribution < 1.29 is 4.42 Å². The molecule has 2 aromatic rings. The molecule has 0 aliphatic heterocycles. The van der Waals surface area contributed by atoms with Crippen molar-refractivity contribution in [1.29, 1.82) is 0 Å². The molecule has 2 aromatic heterocycles. The maximum Gasteiger partial charge on any atom is 0.128 e. The third kappa shape index (κ3) is 1.87. The van der Waals surface area contributed by atoms with Crippen LogP contribution in [0.2, 0.25) is 0 Å². The number of hydrogen-bond acceptors (Lipinski definition) is 4. The Morgan fingerprint density at radius 1 is 1.62 bits per heavy atom. The van der Waals surface area contributed by atoms with Gasteiger partial charge in [-0.3, -0.25) is 10.5 Å². The Labute approximate surface area is 94.2 Å². The van der Waals surface area contributed by atoms with Gasteiger partial charge in [-0.25, -0.2) is 5.43 Å². The van der Waals surface area contributed by atoms with Gasteiger partial charge in [0.25, 0.3) is 0 Å². The summed E-state index contributed by atoms with van der Waals surface area (Å²) in [7, 11) is 1.90. The van der Waals surface area contributed by atoms with E-state index >= 15 is 0 Å². The lowest BCUT2D eigenvalue weighted by atomic mass is 10.1.